The van der Waals surface area contributed by atoms with Gasteiger partial charge in [-0.15, -0.1) is 0 Å². The highest BCUT2D eigenvalue weighted by molar-refractivity contribution is 5.91. The van der Waals surface area contributed by atoms with Crippen molar-refractivity contribution in [1.29, 1.82) is 0 Å². The fourth-order valence-electron chi connectivity index (χ4n) is 3.29. The van der Waals surface area contributed by atoms with Gasteiger partial charge in [-0.3, -0.25) is 4.79 Å². The average Bonchev–Trinajstić information content (AvgIpc) is 3.45. The van der Waals surface area contributed by atoms with Crippen LogP contribution in [-0.4, -0.2) is 25.8 Å². The van der Waals surface area contributed by atoms with E-state index in [1.54, 1.807) is 12.1 Å². The summed E-state index contributed by atoms with van der Waals surface area (Å²) in [6.07, 6.45) is 1.94. The van der Waals surface area contributed by atoms with Gasteiger partial charge in [-0.2, -0.15) is 0 Å². The molecule has 3 N–H and O–H groups in total. The molecule has 0 radical (unpaired) electrons. The molecule has 1 amide bonds. The van der Waals surface area contributed by atoms with E-state index in [0.717, 1.165) is 27.9 Å². The topological polar surface area (TPSA) is 99.6 Å². The highest BCUT2D eigenvalue weighted by atomic mass is 16.3. The molecule has 0 saturated heterocycles. The molecule has 1 atom stereocenters. The van der Waals surface area contributed by atoms with Crippen molar-refractivity contribution in [3.05, 3.63) is 84.3 Å². The van der Waals surface area contributed by atoms with Crippen LogP contribution in [0, 0.1) is 0 Å². The van der Waals surface area contributed by atoms with Crippen LogP contribution < -0.4 is 5.32 Å². The van der Waals surface area contributed by atoms with Gasteiger partial charge in [0.1, 0.15) is 11.6 Å². The Bertz CT molecular complexity index is 1190. The third-order valence-electron chi connectivity index (χ3n) is 4.62. The van der Waals surface area contributed by atoms with Crippen LogP contribution in [0.25, 0.3) is 22.1 Å². The van der Waals surface area contributed by atoms with Gasteiger partial charge in [-0.05, 0) is 36.4 Å². The summed E-state index contributed by atoms with van der Waals surface area (Å²) in [5.74, 6) is 1.39. The van der Waals surface area contributed by atoms with Crippen LogP contribution in [-0.2, 0) is 6.42 Å². The van der Waals surface area contributed by atoms with E-state index >= 15 is 0 Å². The van der Waals surface area contributed by atoms with E-state index < -0.39 is 6.04 Å². The highest BCUT2D eigenvalue weighted by Crippen LogP contribution is 2.21. The maximum absolute atomic E-state index is 12.6. The van der Waals surface area contributed by atoms with Crippen LogP contribution in [0.1, 0.15) is 28.2 Å². The molecule has 0 aliphatic carbocycles. The number of amides is 1. The average molecular weight is 371 g/mol. The lowest BCUT2D eigenvalue weighted by molar-refractivity contribution is 0.0906. The van der Waals surface area contributed by atoms with Crippen LogP contribution in [0.2, 0.25) is 0 Å². The number of para-hydroxylation sites is 4. The van der Waals surface area contributed by atoms with Gasteiger partial charge >= 0.3 is 0 Å². The Morgan fingerprint density at radius 2 is 1.64 bits per heavy atom. The number of nitrogens with zero attached hydrogens (tertiary/aromatic N) is 2. The number of aromatic amines is 2. The van der Waals surface area contributed by atoms with Gasteiger partial charge in [0, 0.05) is 6.42 Å². The van der Waals surface area contributed by atoms with Crippen molar-refractivity contribution in [2.75, 3.05) is 0 Å². The molecule has 0 saturated carbocycles. The number of carbonyl (C=O) groups excluding carboxylic acids is 1. The first-order valence-corrected chi connectivity index (χ1v) is 8.99. The molecule has 7 nitrogen and oxygen atoms in total. The Morgan fingerprint density at radius 3 is 2.32 bits per heavy atom. The molecular formula is C21H17N5O2. The van der Waals surface area contributed by atoms with Crippen LogP contribution in [0.15, 0.2) is 71.3 Å². The quantitative estimate of drug-likeness (QED) is 0.438. The summed E-state index contributed by atoms with van der Waals surface area (Å²) in [5, 5.41) is 3.00. The Hall–Kier alpha value is -3.87. The van der Waals surface area contributed by atoms with Crippen molar-refractivity contribution in [3.63, 3.8) is 0 Å². The molecule has 0 fully saturated rings. The summed E-state index contributed by atoms with van der Waals surface area (Å²) in [5.41, 5.74) is 3.61. The lowest BCUT2D eigenvalue weighted by atomic mass is 10.2. The minimum Gasteiger partial charge on any atom is -0.459 e. The van der Waals surface area contributed by atoms with E-state index in [4.69, 9.17) is 4.42 Å². The molecule has 7 heteroatoms. The number of hydrogen-bond acceptors (Lipinski definition) is 4. The van der Waals surface area contributed by atoms with Crippen LogP contribution in [0.4, 0.5) is 0 Å². The summed E-state index contributed by atoms with van der Waals surface area (Å²) in [4.78, 5) is 28.5. The molecule has 138 valence electrons. The number of hydrogen-bond donors (Lipinski definition) is 3. The van der Waals surface area contributed by atoms with E-state index in [0.29, 0.717) is 12.2 Å². The molecule has 3 heterocycles. The van der Waals surface area contributed by atoms with Gasteiger partial charge in [0.2, 0.25) is 0 Å². The third-order valence-corrected chi connectivity index (χ3v) is 4.62. The van der Waals surface area contributed by atoms with Crippen LogP contribution in [0.5, 0.6) is 0 Å². The van der Waals surface area contributed by atoms with E-state index in [-0.39, 0.29) is 11.7 Å². The minimum absolute atomic E-state index is 0.255. The third kappa shape index (κ3) is 3.03. The molecule has 0 bridgehead atoms. The summed E-state index contributed by atoms with van der Waals surface area (Å²) in [6, 6.07) is 18.5. The number of nitrogens with one attached hydrogen (secondary N) is 3. The standard InChI is InChI=1S/C21H17N5O2/c27-21(18-10-5-11-28-18)26-17(20-24-15-8-3-4-9-16(15)25-20)12-19-22-13-6-1-2-7-14(13)23-19/h1-11,17H,12H2,(H,22,23)(H,24,25)(H,26,27). The molecule has 2 aromatic carbocycles. The molecule has 5 aromatic rings. The number of H-pyrrole nitrogens is 2. The fraction of sp³-hybridized carbons (Fsp3) is 0.0952. The van der Waals surface area contributed by atoms with Crippen molar-refractivity contribution >= 4 is 28.0 Å². The second kappa shape index (κ2) is 6.70. The highest BCUT2D eigenvalue weighted by Gasteiger charge is 2.22. The Morgan fingerprint density at radius 1 is 0.929 bits per heavy atom. The smallest absolute Gasteiger partial charge is 0.287 e. The summed E-state index contributed by atoms with van der Waals surface area (Å²) in [6.45, 7) is 0. The van der Waals surface area contributed by atoms with E-state index in [2.05, 4.69) is 25.3 Å². The van der Waals surface area contributed by atoms with Crippen molar-refractivity contribution in [2.24, 2.45) is 0 Å². The summed E-state index contributed by atoms with van der Waals surface area (Å²) < 4.78 is 5.22. The van der Waals surface area contributed by atoms with Crippen LogP contribution in [0.3, 0.4) is 0 Å². The first-order valence-electron chi connectivity index (χ1n) is 8.99. The maximum atomic E-state index is 12.6. The number of carbonyl (C=O) groups is 1. The molecular weight excluding hydrogens is 354 g/mol. The number of rotatable bonds is 5. The molecule has 28 heavy (non-hydrogen) atoms. The van der Waals surface area contributed by atoms with Gasteiger partial charge in [-0.25, -0.2) is 9.97 Å². The number of imidazole rings is 2. The Kier molecular flexibility index (Phi) is 3.90. The Balaban J connectivity index is 1.50. The second-order valence-electron chi connectivity index (χ2n) is 6.55. The summed E-state index contributed by atoms with van der Waals surface area (Å²) in [7, 11) is 0. The van der Waals surface area contributed by atoms with E-state index in [1.807, 2.05) is 48.5 Å². The van der Waals surface area contributed by atoms with Crippen molar-refractivity contribution < 1.29 is 9.21 Å². The van der Waals surface area contributed by atoms with E-state index in [1.165, 1.54) is 6.26 Å². The predicted octanol–water partition coefficient (Wildman–Crippen LogP) is 3.75. The number of furan rings is 1. The predicted molar refractivity (Wildman–Crippen MR) is 105 cm³/mol. The number of fused-ring (bicyclic) bond motifs is 2. The molecule has 3 aromatic heterocycles. The fourth-order valence-corrected chi connectivity index (χ4v) is 3.29. The largest absolute Gasteiger partial charge is 0.459 e. The van der Waals surface area contributed by atoms with Crippen LogP contribution >= 0.6 is 0 Å². The zero-order chi connectivity index (χ0) is 18.9. The van der Waals surface area contributed by atoms with Gasteiger partial charge in [0.25, 0.3) is 5.91 Å². The summed E-state index contributed by atoms with van der Waals surface area (Å²) >= 11 is 0. The first kappa shape index (κ1) is 16.3. The lowest BCUT2D eigenvalue weighted by Gasteiger charge is -2.14. The minimum atomic E-state index is -0.398. The van der Waals surface area contributed by atoms with Gasteiger partial charge in [0.05, 0.1) is 34.4 Å². The number of benzene rings is 2. The second-order valence-corrected chi connectivity index (χ2v) is 6.55. The van der Waals surface area contributed by atoms with E-state index in [9.17, 15) is 4.79 Å². The zero-order valence-electron chi connectivity index (χ0n) is 14.8. The van der Waals surface area contributed by atoms with Crippen molar-refractivity contribution in [2.45, 2.75) is 12.5 Å². The van der Waals surface area contributed by atoms with Crippen molar-refractivity contribution in [3.8, 4) is 0 Å². The molecule has 0 spiro atoms. The molecule has 1 unspecified atom stereocenters. The van der Waals surface area contributed by atoms with Gasteiger partial charge < -0.3 is 19.7 Å². The van der Waals surface area contributed by atoms with Gasteiger partial charge in [-0.1, -0.05) is 24.3 Å². The number of aromatic nitrogens is 4. The lowest BCUT2D eigenvalue weighted by Crippen LogP contribution is -2.30. The zero-order valence-corrected chi connectivity index (χ0v) is 14.8. The monoisotopic (exact) mass is 371 g/mol. The van der Waals surface area contributed by atoms with Crippen molar-refractivity contribution in [1.82, 2.24) is 25.3 Å². The SMILES string of the molecule is O=C(NC(Cc1nc2ccccc2[nH]1)c1nc2ccccc2[nH]1)c1ccco1. The van der Waals surface area contributed by atoms with Gasteiger partial charge in [0.15, 0.2) is 5.76 Å². The normalized spacial score (nSPS) is 12.4. The molecule has 0 aliphatic rings. The first-order chi connectivity index (χ1) is 13.8. The molecule has 5 rings (SSSR count). The Labute approximate surface area is 159 Å². The maximum Gasteiger partial charge on any atom is 0.287 e. The molecule has 0 aliphatic heterocycles.